The maximum atomic E-state index is 12.3. The molecule has 0 saturated heterocycles. The zero-order valence-corrected chi connectivity index (χ0v) is 13.6. The van der Waals surface area contributed by atoms with Gasteiger partial charge in [0.05, 0.1) is 13.2 Å². The van der Waals surface area contributed by atoms with E-state index < -0.39 is 5.97 Å². The van der Waals surface area contributed by atoms with Crippen LogP contribution in [0, 0.1) is 11.3 Å². The van der Waals surface area contributed by atoms with Gasteiger partial charge in [-0.2, -0.15) is 5.26 Å². The zero-order valence-electron chi connectivity index (χ0n) is 12.8. The first-order chi connectivity index (χ1) is 10.5. The molecule has 0 aliphatic rings. The van der Waals surface area contributed by atoms with Crippen molar-refractivity contribution in [1.82, 2.24) is 9.47 Å². The van der Waals surface area contributed by atoms with Crippen LogP contribution in [-0.2, 0) is 16.1 Å². The number of carbonyl (C=O) groups excluding carboxylic acids is 1. The van der Waals surface area contributed by atoms with Crippen molar-refractivity contribution in [1.29, 1.82) is 5.26 Å². The van der Waals surface area contributed by atoms with Crippen LogP contribution in [-0.4, -0.2) is 47.3 Å². The Morgan fingerprint density at radius 2 is 2.23 bits per heavy atom. The molecule has 1 heterocycles. The molecular weight excluding hydrogens is 306 g/mol. The third kappa shape index (κ3) is 3.96. The molecule has 0 spiro atoms. The number of aliphatic hydroxyl groups is 1. The van der Waals surface area contributed by atoms with Crippen LogP contribution in [0.4, 0.5) is 0 Å². The Hall–Kier alpha value is -2.11. The van der Waals surface area contributed by atoms with E-state index in [0.717, 1.165) is 11.3 Å². The third-order valence-electron chi connectivity index (χ3n) is 2.82. The summed E-state index contributed by atoms with van der Waals surface area (Å²) in [6, 6.07) is 1.82. The monoisotopic (exact) mass is 325 g/mol. The molecule has 1 rings (SSSR count). The Labute approximate surface area is 132 Å². The van der Waals surface area contributed by atoms with Gasteiger partial charge in [-0.1, -0.05) is 0 Å². The third-order valence-corrected chi connectivity index (χ3v) is 3.94. The molecule has 120 valence electrons. The molecule has 0 unspecified atom stereocenters. The van der Waals surface area contributed by atoms with Gasteiger partial charge < -0.3 is 14.7 Å². The molecule has 0 saturated carbocycles. The van der Waals surface area contributed by atoms with Crippen molar-refractivity contribution < 1.29 is 14.6 Å². The number of aromatic nitrogens is 1. The molecule has 0 aliphatic carbocycles. The lowest BCUT2D eigenvalue weighted by atomic mass is 10.3. The van der Waals surface area contributed by atoms with E-state index in [9.17, 15) is 14.9 Å². The highest BCUT2D eigenvalue weighted by Gasteiger charge is 2.16. The number of hydrogen-bond donors (Lipinski definition) is 1. The number of hydrogen-bond acceptors (Lipinski definition) is 7. The molecule has 0 fully saturated rings. The van der Waals surface area contributed by atoms with Gasteiger partial charge in [0, 0.05) is 26.3 Å². The summed E-state index contributed by atoms with van der Waals surface area (Å²) in [4.78, 5) is 25.9. The van der Waals surface area contributed by atoms with Crippen LogP contribution in [0.25, 0.3) is 11.8 Å². The van der Waals surface area contributed by atoms with Crippen LogP contribution in [0.15, 0.2) is 4.79 Å². The highest BCUT2D eigenvalue weighted by molar-refractivity contribution is 7.07. The van der Waals surface area contributed by atoms with Crippen LogP contribution in [0.5, 0.6) is 0 Å². The number of carbonyl (C=O) groups is 1. The molecule has 1 aromatic heterocycles. The molecule has 0 atom stereocenters. The highest BCUT2D eigenvalue weighted by Crippen LogP contribution is 1.96. The second kappa shape index (κ2) is 8.36. The van der Waals surface area contributed by atoms with Crippen molar-refractivity contribution in [3.05, 3.63) is 19.5 Å². The van der Waals surface area contributed by atoms with E-state index >= 15 is 0 Å². The standard InChI is InChI=1S/C14H19N3O4S/c1-4-17-12(19)11(9-16(3)6-7-18)22-13(17)10(8-15)14(20)21-5-2/h9,18H,4-7H2,1-3H3/b11-9-,13-10-. The zero-order chi connectivity index (χ0) is 16.7. The molecule has 1 aromatic rings. The fourth-order valence-corrected chi connectivity index (χ4v) is 2.98. The van der Waals surface area contributed by atoms with Crippen molar-refractivity contribution in [3.63, 3.8) is 0 Å². The van der Waals surface area contributed by atoms with Gasteiger partial charge in [0.15, 0.2) is 5.57 Å². The van der Waals surface area contributed by atoms with Crippen molar-refractivity contribution in [3.8, 4) is 6.07 Å². The van der Waals surface area contributed by atoms with E-state index in [1.54, 1.807) is 32.0 Å². The average molecular weight is 325 g/mol. The lowest BCUT2D eigenvalue weighted by Gasteiger charge is -2.09. The molecular formula is C14H19N3O4S. The molecule has 22 heavy (non-hydrogen) atoms. The maximum Gasteiger partial charge on any atom is 0.351 e. The molecule has 8 heteroatoms. The lowest BCUT2D eigenvalue weighted by molar-refractivity contribution is -0.136. The van der Waals surface area contributed by atoms with Gasteiger partial charge in [0.2, 0.25) is 0 Å². The Bertz CT molecular complexity index is 742. The van der Waals surface area contributed by atoms with E-state index in [0.29, 0.717) is 17.6 Å². The molecule has 0 aromatic carbocycles. The second-order valence-corrected chi connectivity index (χ2v) is 5.39. The number of nitriles is 1. The fourth-order valence-electron chi connectivity index (χ4n) is 1.79. The van der Waals surface area contributed by atoms with E-state index in [1.165, 1.54) is 4.57 Å². The van der Waals surface area contributed by atoms with Gasteiger partial charge in [-0.05, 0) is 13.8 Å². The molecule has 0 amide bonds. The first-order valence-electron chi connectivity index (χ1n) is 6.84. The number of nitrogens with zero attached hydrogens (tertiary/aromatic N) is 3. The summed E-state index contributed by atoms with van der Waals surface area (Å²) in [6.45, 7) is 4.25. The van der Waals surface area contributed by atoms with Crippen molar-refractivity contribution >= 4 is 29.1 Å². The van der Waals surface area contributed by atoms with E-state index in [4.69, 9.17) is 9.84 Å². The number of likely N-dealkylation sites (N-methyl/N-ethyl adjacent to an activating group) is 1. The predicted octanol–water partition coefficient (Wildman–Crippen LogP) is -1.17. The number of thiazole rings is 1. The normalized spacial score (nSPS) is 12.8. The van der Waals surface area contributed by atoms with E-state index in [-0.39, 0.29) is 29.0 Å². The smallest absolute Gasteiger partial charge is 0.351 e. The summed E-state index contributed by atoms with van der Waals surface area (Å²) in [7, 11) is 1.73. The summed E-state index contributed by atoms with van der Waals surface area (Å²) in [6.07, 6.45) is 1.60. The Morgan fingerprint density at radius 3 is 2.73 bits per heavy atom. The number of esters is 1. The van der Waals surface area contributed by atoms with Gasteiger partial charge in [-0.15, -0.1) is 11.3 Å². The van der Waals surface area contributed by atoms with Gasteiger partial charge in [-0.3, -0.25) is 9.36 Å². The summed E-state index contributed by atoms with van der Waals surface area (Å²) in [5.41, 5.74) is -0.445. The highest BCUT2D eigenvalue weighted by atomic mass is 32.1. The minimum Gasteiger partial charge on any atom is -0.462 e. The maximum absolute atomic E-state index is 12.3. The quantitative estimate of drug-likeness (QED) is 0.662. The largest absolute Gasteiger partial charge is 0.462 e. The molecule has 0 bridgehead atoms. The first-order valence-corrected chi connectivity index (χ1v) is 7.65. The second-order valence-electron chi connectivity index (χ2n) is 4.36. The predicted molar refractivity (Wildman–Crippen MR) is 83.3 cm³/mol. The van der Waals surface area contributed by atoms with Crippen LogP contribution in [0.2, 0.25) is 0 Å². The first kappa shape index (κ1) is 17.9. The molecule has 1 N–H and O–H groups in total. The SMILES string of the molecule is CCOC(=O)/C(C#N)=c1\s/c(=C\N(C)CCO)c(=O)n1CC. The van der Waals surface area contributed by atoms with Crippen molar-refractivity contribution in [2.24, 2.45) is 0 Å². The molecule has 7 nitrogen and oxygen atoms in total. The summed E-state index contributed by atoms with van der Waals surface area (Å²) < 4.78 is 6.91. The Morgan fingerprint density at radius 1 is 1.55 bits per heavy atom. The minimum atomic E-state index is -0.733. The van der Waals surface area contributed by atoms with Crippen LogP contribution in [0.1, 0.15) is 13.8 Å². The number of ether oxygens (including phenoxy) is 1. The van der Waals surface area contributed by atoms with Gasteiger partial charge in [0.25, 0.3) is 5.56 Å². The summed E-state index contributed by atoms with van der Waals surface area (Å²) in [5.74, 6) is -0.733. The van der Waals surface area contributed by atoms with Crippen LogP contribution in [0.3, 0.4) is 0 Å². The van der Waals surface area contributed by atoms with Crippen molar-refractivity contribution in [2.45, 2.75) is 20.4 Å². The molecule has 0 aliphatic heterocycles. The van der Waals surface area contributed by atoms with E-state index in [2.05, 4.69) is 0 Å². The minimum absolute atomic E-state index is 0.0361. The average Bonchev–Trinajstić information content (AvgIpc) is 2.76. The van der Waals surface area contributed by atoms with Crippen LogP contribution < -0.4 is 14.8 Å². The van der Waals surface area contributed by atoms with Gasteiger partial charge >= 0.3 is 5.97 Å². The Balaban J connectivity index is 3.60. The lowest BCUT2D eigenvalue weighted by Crippen LogP contribution is -2.33. The fraction of sp³-hybridized carbons (Fsp3) is 0.500. The summed E-state index contributed by atoms with van der Waals surface area (Å²) >= 11 is 1.06. The Kier molecular flexibility index (Phi) is 6.82. The van der Waals surface area contributed by atoms with E-state index in [1.807, 2.05) is 6.07 Å². The van der Waals surface area contributed by atoms with Gasteiger partial charge in [0.1, 0.15) is 15.3 Å². The van der Waals surface area contributed by atoms with Crippen LogP contribution >= 0.6 is 11.3 Å². The molecule has 0 radical (unpaired) electrons. The topological polar surface area (TPSA) is 95.6 Å². The van der Waals surface area contributed by atoms with Crippen molar-refractivity contribution in [2.75, 3.05) is 26.8 Å². The summed E-state index contributed by atoms with van der Waals surface area (Å²) in [5, 5.41) is 18.1. The number of aliphatic hydroxyl groups excluding tert-OH is 1. The number of rotatable bonds is 6. The van der Waals surface area contributed by atoms with Gasteiger partial charge in [-0.25, -0.2) is 4.79 Å².